The Labute approximate surface area is 164 Å². The SMILES string of the molecule is COc1ccc(CCNC(=S)NCc2ccc(S(N)(=O)=O)cc2)cc1OC. The van der Waals surface area contributed by atoms with Crippen LogP contribution in [0.5, 0.6) is 11.5 Å². The summed E-state index contributed by atoms with van der Waals surface area (Å²) in [7, 11) is -0.466. The van der Waals surface area contributed by atoms with Crippen molar-refractivity contribution in [1.29, 1.82) is 0 Å². The van der Waals surface area contributed by atoms with Crippen molar-refractivity contribution in [3.8, 4) is 11.5 Å². The molecule has 0 aliphatic rings. The topological polar surface area (TPSA) is 103 Å². The molecule has 4 N–H and O–H groups in total. The van der Waals surface area contributed by atoms with Gasteiger partial charge in [-0.25, -0.2) is 13.6 Å². The van der Waals surface area contributed by atoms with Crippen LogP contribution in [-0.2, 0) is 23.0 Å². The van der Waals surface area contributed by atoms with Crippen LogP contribution in [0.2, 0.25) is 0 Å². The van der Waals surface area contributed by atoms with E-state index in [1.807, 2.05) is 18.2 Å². The fraction of sp³-hybridized carbons (Fsp3) is 0.278. The van der Waals surface area contributed by atoms with Crippen LogP contribution in [0.25, 0.3) is 0 Å². The number of thiocarbonyl (C=S) groups is 1. The quantitative estimate of drug-likeness (QED) is 0.569. The third-order valence-electron chi connectivity index (χ3n) is 3.85. The second-order valence-corrected chi connectivity index (χ2v) is 7.71. The number of hydrogen-bond acceptors (Lipinski definition) is 5. The van der Waals surface area contributed by atoms with Crippen molar-refractivity contribution in [2.24, 2.45) is 5.14 Å². The third kappa shape index (κ3) is 6.38. The van der Waals surface area contributed by atoms with Gasteiger partial charge < -0.3 is 20.1 Å². The monoisotopic (exact) mass is 409 g/mol. The molecule has 0 fully saturated rings. The summed E-state index contributed by atoms with van der Waals surface area (Å²) in [4.78, 5) is 0.0851. The molecule has 2 rings (SSSR count). The second kappa shape index (κ2) is 9.54. The fourth-order valence-electron chi connectivity index (χ4n) is 2.40. The van der Waals surface area contributed by atoms with Crippen LogP contribution in [-0.4, -0.2) is 34.3 Å². The van der Waals surface area contributed by atoms with E-state index in [-0.39, 0.29) is 4.90 Å². The molecule has 0 atom stereocenters. The normalized spacial score (nSPS) is 10.9. The number of nitrogens with one attached hydrogen (secondary N) is 2. The number of primary sulfonamides is 1. The van der Waals surface area contributed by atoms with Gasteiger partial charge in [0.15, 0.2) is 16.6 Å². The molecule has 2 aromatic carbocycles. The van der Waals surface area contributed by atoms with E-state index in [1.54, 1.807) is 26.4 Å². The van der Waals surface area contributed by atoms with E-state index in [9.17, 15) is 8.42 Å². The molecule has 0 radical (unpaired) electrons. The predicted octanol–water partition coefficient (Wildman–Crippen LogP) is 1.56. The van der Waals surface area contributed by atoms with Gasteiger partial charge in [0.2, 0.25) is 10.0 Å². The van der Waals surface area contributed by atoms with Crippen LogP contribution >= 0.6 is 12.2 Å². The molecule has 7 nitrogen and oxygen atoms in total. The predicted molar refractivity (Wildman–Crippen MR) is 109 cm³/mol. The van der Waals surface area contributed by atoms with Crippen molar-refractivity contribution in [1.82, 2.24) is 10.6 Å². The molecule has 27 heavy (non-hydrogen) atoms. The van der Waals surface area contributed by atoms with E-state index < -0.39 is 10.0 Å². The van der Waals surface area contributed by atoms with Gasteiger partial charge in [-0.3, -0.25) is 0 Å². The second-order valence-electron chi connectivity index (χ2n) is 5.74. The number of ether oxygens (including phenoxy) is 2. The minimum Gasteiger partial charge on any atom is -0.493 e. The van der Waals surface area contributed by atoms with Crippen LogP contribution < -0.4 is 25.2 Å². The summed E-state index contributed by atoms with van der Waals surface area (Å²) in [6, 6.07) is 12.1. The highest BCUT2D eigenvalue weighted by Crippen LogP contribution is 2.27. The van der Waals surface area contributed by atoms with Crippen molar-refractivity contribution in [3.63, 3.8) is 0 Å². The number of sulfonamides is 1. The summed E-state index contributed by atoms with van der Waals surface area (Å²) in [5, 5.41) is 11.8. The largest absolute Gasteiger partial charge is 0.493 e. The van der Waals surface area contributed by atoms with Crippen molar-refractivity contribution < 1.29 is 17.9 Å². The highest BCUT2D eigenvalue weighted by atomic mass is 32.2. The van der Waals surface area contributed by atoms with E-state index in [0.29, 0.717) is 29.7 Å². The summed E-state index contributed by atoms with van der Waals surface area (Å²) in [5.74, 6) is 1.39. The molecule has 0 amide bonds. The molecule has 0 saturated heterocycles. The Morgan fingerprint density at radius 1 is 1.00 bits per heavy atom. The molecule has 0 spiro atoms. The van der Waals surface area contributed by atoms with Gasteiger partial charge in [-0.15, -0.1) is 0 Å². The molecule has 0 heterocycles. The molecule has 146 valence electrons. The molecule has 9 heteroatoms. The van der Waals surface area contributed by atoms with Crippen LogP contribution in [0.3, 0.4) is 0 Å². The van der Waals surface area contributed by atoms with E-state index in [0.717, 1.165) is 17.5 Å². The number of nitrogens with two attached hydrogens (primary N) is 1. The lowest BCUT2D eigenvalue weighted by atomic mass is 10.1. The average Bonchev–Trinajstić information content (AvgIpc) is 2.65. The van der Waals surface area contributed by atoms with Gasteiger partial charge in [-0.2, -0.15) is 0 Å². The first-order valence-electron chi connectivity index (χ1n) is 8.18. The van der Waals surface area contributed by atoms with Crippen LogP contribution in [0, 0.1) is 0 Å². The molecule has 0 aliphatic heterocycles. The number of hydrogen-bond donors (Lipinski definition) is 3. The molecule has 0 bridgehead atoms. The lowest BCUT2D eigenvalue weighted by Gasteiger charge is -2.12. The standard InChI is InChI=1S/C18H23N3O4S2/c1-24-16-8-5-13(11-17(16)25-2)9-10-20-18(26)21-12-14-3-6-15(7-4-14)27(19,22)23/h3-8,11H,9-10,12H2,1-2H3,(H2,19,22,23)(H2,20,21,26). The smallest absolute Gasteiger partial charge is 0.238 e. The Morgan fingerprint density at radius 3 is 2.22 bits per heavy atom. The first kappa shape index (κ1) is 20.9. The number of rotatable bonds is 8. The van der Waals surface area contributed by atoms with Crippen LogP contribution in [0.1, 0.15) is 11.1 Å². The minimum atomic E-state index is -3.67. The Kier molecular flexibility index (Phi) is 7.40. The summed E-state index contributed by atoms with van der Waals surface area (Å²) >= 11 is 5.26. The molecule has 0 aliphatic carbocycles. The van der Waals surface area contributed by atoms with Gasteiger partial charge in [-0.1, -0.05) is 18.2 Å². The molecule has 0 aromatic heterocycles. The highest BCUT2D eigenvalue weighted by molar-refractivity contribution is 7.89. The Bertz CT molecular complexity index is 884. The van der Waals surface area contributed by atoms with Crippen molar-refractivity contribution >= 4 is 27.4 Å². The minimum absolute atomic E-state index is 0.0851. The highest BCUT2D eigenvalue weighted by Gasteiger charge is 2.07. The molecule has 2 aromatic rings. The maximum atomic E-state index is 11.2. The fourth-order valence-corrected chi connectivity index (χ4v) is 3.09. The van der Waals surface area contributed by atoms with Crippen molar-refractivity contribution in [2.75, 3.05) is 20.8 Å². The number of methoxy groups -OCH3 is 2. The Balaban J connectivity index is 1.78. The van der Waals surface area contributed by atoms with E-state index >= 15 is 0 Å². The molecular formula is C18H23N3O4S2. The first-order valence-corrected chi connectivity index (χ1v) is 10.1. The Hall–Kier alpha value is -2.36. The van der Waals surface area contributed by atoms with E-state index in [2.05, 4.69) is 10.6 Å². The zero-order valence-corrected chi connectivity index (χ0v) is 16.8. The van der Waals surface area contributed by atoms with Crippen LogP contribution in [0.4, 0.5) is 0 Å². The van der Waals surface area contributed by atoms with Gasteiger partial charge >= 0.3 is 0 Å². The maximum absolute atomic E-state index is 11.2. The first-order chi connectivity index (χ1) is 12.8. The van der Waals surface area contributed by atoms with Crippen LogP contribution in [0.15, 0.2) is 47.4 Å². The maximum Gasteiger partial charge on any atom is 0.238 e. The molecular weight excluding hydrogens is 386 g/mol. The van der Waals surface area contributed by atoms with Gasteiger partial charge in [0.05, 0.1) is 19.1 Å². The van der Waals surface area contributed by atoms with E-state index in [4.69, 9.17) is 26.8 Å². The summed E-state index contributed by atoms with van der Waals surface area (Å²) in [6.45, 7) is 1.14. The Morgan fingerprint density at radius 2 is 1.63 bits per heavy atom. The summed E-state index contributed by atoms with van der Waals surface area (Å²) in [5.41, 5.74) is 1.99. The summed E-state index contributed by atoms with van der Waals surface area (Å²) in [6.07, 6.45) is 0.769. The molecule has 0 saturated carbocycles. The zero-order chi connectivity index (χ0) is 19.9. The molecule has 0 unspecified atom stereocenters. The lowest BCUT2D eigenvalue weighted by molar-refractivity contribution is 0.354. The average molecular weight is 410 g/mol. The zero-order valence-electron chi connectivity index (χ0n) is 15.2. The van der Waals surface area contributed by atoms with Crippen molar-refractivity contribution in [2.45, 2.75) is 17.9 Å². The van der Waals surface area contributed by atoms with Gasteiger partial charge in [0, 0.05) is 13.1 Å². The number of benzene rings is 2. The van der Waals surface area contributed by atoms with Gasteiger partial charge in [0.1, 0.15) is 0 Å². The third-order valence-corrected chi connectivity index (χ3v) is 5.07. The van der Waals surface area contributed by atoms with E-state index in [1.165, 1.54) is 12.1 Å². The lowest BCUT2D eigenvalue weighted by Crippen LogP contribution is -2.35. The summed E-state index contributed by atoms with van der Waals surface area (Å²) < 4.78 is 33.0. The van der Waals surface area contributed by atoms with Crippen molar-refractivity contribution in [3.05, 3.63) is 53.6 Å². The van der Waals surface area contributed by atoms with Gasteiger partial charge in [-0.05, 0) is 54.0 Å². The van der Waals surface area contributed by atoms with Gasteiger partial charge in [0.25, 0.3) is 0 Å².